The number of aromatic hydroxyl groups is 2. The van der Waals surface area contributed by atoms with Crippen molar-refractivity contribution in [3.8, 4) is 17.2 Å². The summed E-state index contributed by atoms with van der Waals surface area (Å²) in [5.74, 6) is -3.38. The van der Waals surface area contributed by atoms with Crippen molar-refractivity contribution in [2.24, 2.45) is 5.41 Å². The molecule has 3 aliphatic carbocycles. The number of rotatable bonds is 1. The number of aliphatic hydroxyl groups excluding tert-OH is 2. The molecule has 4 aliphatic rings. The second kappa shape index (κ2) is 8.03. The van der Waals surface area contributed by atoms with Crippen LogP contribution in [0.3, 0.4) is 0 Å². The van der Waals surface area contributed by atoms with Crippen LogP contribution < -0.4 is 4.74 Å². The predicted octanol–water partition coefficient (Wildman–Crippen LogP) is 3.02. The average Bonchev–Trinajstić information content (AvgIpc) is 3.21. The molecule has 3 aromatic carbocycles. The van der Waals surface area contributed by atoms with Gasteiger partial charge in [0.15, 0.2) is 5.78 Å². The van der Waals surface area contributed by atoms with Crippen LogP contribution in [0.4, 0.5) is 0 Å². The van der Waals surface area contributed by atoms with E-state index in [2.05, 4.69) is 0 Å². The van der Waals surface area contributed by atoms with Gasteiger partial charge in [0, 0.05) is 17.0 Å². The lowest BCUT2D eigenvalue weighted by atomic mass is 9.61. The maximum atomic E-state index is 13.9. The number of esters is 1. The Morgan fingerprint density at radius 2 is 1.70 bits per heavy atom. The molecule has 1 aliphatic heterocycles. The van der Waals surface area contributed by atoms with Gasteiger partial charge in [0.05, 0.1) is 29.8 Å². The zero-order valence-electron chi connectivity index (χ0n) is 21.5. The van der Waals surface area contributed by atoms with Crippen LogP contribution in [-0.2, 0) is 11.2 Å². The summed E-state index contributed by atoms with van der Waals surface area (Å²) >= 11 is 0. The number of hydrogen-bond acceptors (Lipinski definition) is 9. The fourth-order valence-corrected chi connectivity index (χ4v) is 7.28. The van der Waals surface area contributed by atoms with E-state index in [0.717, 1.165) is 5.56 Å². The third-order valence-electron chi connectivity index (χ3n) is 8.87. The van der Waals surface area contributed by atoms with Crippen molar-refractivity contribution in [3.63, 3.8) is 0 Å². The van der Waals surface area contributed by atoms with Gasteiger partial charge in [0.25, 0.3) is 0 Å². The van der Waals surface area contributed by atoms with Gasteiger partial charge in [-0.1, -0.05) is 30.4 Å². The summed E-state index contributed by atoms with van der Waals surface area (Å²) in [6.45, 7) is 1.79. The number of phenolic OH excluding ortho intramolecular Hbond substituents is 2. The largest absolute Gasteiger partial charge is 0.507 e. The standard InChI is InChI=1S/C31H24O9/c1-12-8-15-23(20(9-12)39-2)30(38)40-29-18(33)7-6-16-21-13(11-31(16,29)28(15)37)10-19(34)24-25(21)26(35)14-4-3-5-17(32)22(14)27(24)36/h3-10,16,18,28-29,32-34,37H,11H2,1-2H3. The van der Waals surface area contributed by atoms with Gasteiger partial charge in [0.2, 0.25) is 5.78 Å². The second-order valence-corrected chi connectivity index (χ2v) is 10.9. The predicted molar refractivity (Wildman–Crippen MR) is 139 cm³/mol. The Morgan fingerprint density at radius 1 is 0.925 bits per heavy atom. The van der Waals surface area contributed by atoms with Crippen molar-refractivity contribution in [1.82, 2.24) is 0 Å². The van der Waals surface area contributed by atoms with Crippen molar-refractivity contribution >= 4 is 17.5 Å². The van der Waals surface area contributed by atoms with Crippen LogP contribution in [0.25, 0.3) is 0 Å². The molecule has 0 fully saturated rings. The summed E-state index contributed by atoms with van der Waals surface area (Å²) in [7, 11) is 1.41. The lowest BCUT2D eigenvalue weighted by Gasteiger charge is -2.46. The smallest absolute Gasteiger partial charge is 0.342 e. The number of ketones is 2. The normalized spacial score (nSPS) is 27.4. The van der Waals surface area contributed by atoms with E-state index in [1.54, 1.807) is 25.1 Å². The molecule has 0 saturated heterocycles. The minimum absolute atomic E-state index is 0.00109. The molecule has 0 aromatic heterocycles. The van der Waals surface area contributed by atoms with Crippen molar-refractivity contribution < 1.29 is 44.3 Å². The van der Waals surface area contributed by atoms with E-state index in [9.17, 15) is 34.8 Å². The van der Waals surface area contributed by atoms with Crippen LogP contribution in [0.5, 0.6) is 17.2 Å². The van der Waals surface area contributed by atoms with Crippen molar-refractivity contribution in [3.05, 3.63) is 98.6 Å². The van der Waals surface area contributed by atoms with Crippen LogP contribution in [0.1, 0.15) is 76.5 Å². The van der Waals surface area contributed by atoms with E-state index < -0.39 is 52.9 Å². The maximum Gasteiger partial charge on any atom is 0.342 e. The number of allylic oxidation sites excluding steroid dienone is 1. The zero-order chi connectivity index (χ0) is 28.2. The van der Waals surface area contributed by atoms with Gasteiger partial charge in [0.1, 0.15) is 35.0 Å². The first-order valence-electron chi connectivity index (χ1n) is 12.8. The summed E-state index contributed by atoms with van der Waals surface area (Å²) in [5, 5.41) is 44.7. The molecule has 1 spiro atoms. The topological polar surface area (TPSA) is 151 Å². The number of carbonyl (C=O) groups excluding carboxylic acids is 3. The van der Waals surface area contributed by atoms with Gasteiger partial charge < -0.3 is 29.9 Å². The Hall–Kier alpha value is -4.47. The summed E-state index contributed by atoms with van der Waals surface area (Å²) in [6, 6.07) is 8.91. The molecule has 5 unspecified atom stereocenters. The molecule has 40 heavy (non-hydrogen) atoms. The van der Waals surface area contributed by atoms with E-state index in [1.165, 1.54) is 37.5 Å². The highest BCUT2D eigenvalue weighted by Gasteiger charge is 2.63. The first-order chi connectivity index (χ1) is 19.1. The molecule has 7 rings (SSSR count). The number of ether oxygens (including phenoxy) is 2. The Morgan fingerprint density at radius 3 is 2.45 bits per heavy atom. The van der Waals surface area contributed by atoms with Crippen molar-refractivity contribution in [1.29, 1.82) is 0 Å². The van der Waals surface area contributed by atoms with Crippen LogP contribution in [0.2, 0.25) is 0 Å². The van der Waals surface area contributed by atoms with Crippen molar-refractivity contribution in [2.75, 3.05) is 7.11 Å². The molecule has 0 saturated carbocycles. The van der Waals surface area contributed by atoms with Crippen LogP contribution in [-0.4, -0.2) is 57.3 Å². The summed E-state index contributed by atoms with van der Waals surface area (Å²) < 4.78 is 11.4. The molecular weight excluding hydrogens is 516 g/mol. The molecule has 202 valence electrons. The lowest BCUT2D eigenvalue weighted by Crippen LogP contribution is -2.52. The number of benzene rings is 3. The molecule has 0 bridgehead atoms. The first-order valence-corrected chi connectivity index (χ1v) is 12.8. The highest BCUT2D eigenvalue weighted by Crippen LogP contribution is 2.63. The van der Waals surface area contributed by atoms with E-state index in [4.69, 9.17) is 9.47 Å². The Balaban J connectivity index is 1.51. The van der Waals surface area contributed by atoms with Gasteiger partial charge in [-0.05, 0) is 53.8 Å². The van der Waals surface area contributed by atoms with E-state index in [0.29, 0.717) is 11.1 Å². The van der Waals surface area contributed by atoms with E-state index in [1.807, 2.05) is 0 Å². The minimum atomic E-state index is -1.37. The van der Waals surface area contributed by atoms with Gasteiger partial charge in [-0.2, -0.15) is 0 Å². The molecule has 0 amide bonds. The van der Waals surface area contributed by atoms with Crippen LogP contribution in [0.15, 0.2) is 48.6 Å². The average molecular weight is 541 g/mol. The number of methoxy groups -OCH3 is 1. The molecule has 4 N–H and O–H groups in total. The quantitative estimate of drug-likeness (QED) is 0.211. The minimum Gasteiger partial charge on any atom is -0.507 e. The number of phenols is 2. The highest BCUT2D eigenvalue weighted by molar-refractivity contribution is 6.31. The Labute approximate surface area is 227 Å². The zero-order valence-corrected chi connectivity index (χ0v) is 21.5. The SMILES string of the molecule is COc1cc(C)cc2c1C(=O)OC1C(O)C=CC3c4c(cc(O)c5c4C(=O)c4cccc(O)c4C5=O)CC31C2O. The van der Waals surface area contributed by atoms with Gasteiger partial charge in [-0.15, -0.1) is 0 Å². The van der Waals surface area contributed by atoms with Gasteiger partial charge >= 0.3 is 5.97 Å². The highest BCUT2D eigenvalue weighted by atomic mass is 16.6. The number of fused-ring (bicyclic) bond motifs is 6. The number of aryl methyl sites for hydroxylation is 1. The molecule has 5 atom stereocenters. The van der Waals surface area contributed by atoms with Gasteiger partial charge in [-0.3, -0.25) is 9.59 Å². The molecule has 0 radical (unpaired) electrons. The number of hydrogen-bond donors (Lipinski definition) is 4. The molecular formula is C31H24O9. The maximum absolute atomic E-state index is 13.9. The summed E-state index contributed by atoms with van der Waals surface area (Å²) in [5.41, 5.74) is 0.111. The molecule has 9 nitrogen and oxygen atoms in total. The van der Waals surface area contributed by atoms with Crippen LogP contribution in [0, 0.1) is 12.3 Å². The first kappa shape index (κ1) is 24.6. The lowest BCUT2D eigenvalue weighted by molar-refractivity contribution is -0.119. The fourth-order valence-electron chi connectivity index (χ4n) is 7.28. The molecule has 9 heteroatoms. The summed E-state index contributed by atoms with van der Waals surface area (Å²) in [4.78, 5) is 40.9. The second-order valence-electron chi connectivity index (χ2n) is 10.9. The summed E-state index contributed by atoms with van der Waals surface area (Å²) in [6.07, 6.45) is -0.723. The molecule has 3 aromatic rings. The monoisotopic (exact) mass is 540 g/mol. The molecule has 1 heterocycles. The third-order valence-corrected chi connectivity index (χ3v) is 8.87. The Kier molecular flexibility index (Phi) is 4.93. The van der Waals surface area contributed by atoms with Crippen molar-refractivity contribution in [2.45, 2.75) is 37.6 Å². The number of carbonyl (C=O) groups is 3. The fraction of sp³-hybridized carbons (Fsp3) is 0.258. The van der Waals surface area contributed by atoms with Gasteiger partial charge in [-0.25, -0.2) is 4.79 Å². The van der Waals surface area contributed by atoms with E-state index in [-0.39, 0.29) is 51.3 Å². The Bertz CT molecular complexity index is 1740. The number of aliphatic hydroxyl groups is 2. The van der Waals surface area contributed by atoms with E-state index >= 15 is 0 Å². The van der Waals surface area contributed by atoms with Crippen LogP contribution >= 0.6 is 0 Å². The third kappa shape index (κ3) is 2.85.